The van der Waals surface area contributed by atoms with E-state index in [1.807, 2.05) is 12.1 Å². The molecule has 0 aromatic heterocycles. The molecule has 5 nitrogen and oxygen atoms in total. The van der Waals surface area contributed by atoms with Gasteiger partial charge in [-0.25, -0.2) is 9.79 Å². The van der Waals surface area contributed by atoms with Crippen LogP contribution in [0.3, 0.4) is 0 Å². The van der Waals surface area contributed by atoms with Crippen LogP contribution >= 0.6 is 15.9 Å². The SMILES string of the molecule is CCOC(=O)C1=C(O)C(=Cc2cc(Br)ccc2OC)N=C1C. The van der Waals surface area contributed by atoms with E-state index in [4.69, 9.17) is 9.47 Å². The third-order valence-corrected chi connectivity index (χ3v) is 3.59. The highest BCUT2D eigenvalue weighted by atomic mass is 79.9. The number of aliphatic hydroxyl groups excluding tert-OH is 1. The second kappa shape index (κ2) is 6.79. The van der Waals surface area contributed by atoms with Crippen LogP contribution in [0.4, 0.5) is 0 Å². The lowest BCUT2D eigenvalue weighted by Gasteiger charge is -2.06. The first-order chi connectivity index (χ1) is 10.5. The summed E-state index contributed by atoms with van der Waals surface area (Å²) < 4.78 is 11.1. The van der Waals surface area contributed by atoms with Crippen molar-refractivity contribution < 1.29 is 19.4 Å². The van der Waals surface area contributed by atoms with Gasteiger partial charge in [-0.3, -0.25) is 0 Å². The molecule has 0 aliphatic carbocycles. The summed E-state index contributed by atoms with van der Waals surface area (Å²) in [7, 11) is 1.56. The average Bonchev–Trinajstić information content (AvgIpc) is 2.74. The number of methoxy groups -OCH3 is 1. The van der Waals surface area contributed by atoms with E-state index in [2.05, 4.69) is 20.9 Å². The number of hydrogen-bond donors (Lipinski definition) is 1. The van der Waals surface area contributed by atoms with Gasteiger partial charge in [-0.1, -0.05) is 15.9 Å². The first kappa shape index (κ1) is 16.3. The van der Waals surface area contributed by atoms with Gasteiger partial charge in [0.1, 0.15) is 17.0 Å². The van der Waals surface area contributed by atoms with Crippen molar-refractivity contribution in [2.45, 2.75) is 13.8 Å². The lowest BCUT2D eigenvalue weighted by atomic mass is 10.1. The Morgan fingerprint density at radius 1 is 1.45 bits per heavy atom. The number of aliphatic hydroxyl groups is 1. The van der Waals surface area contributed by atoms with E-state index in [-0.39, 0.29) is 17.9 Å². The largest absolute Gasteiger partial charge is 0.505 e. The topological polar surface area (TPSA) is 68.1 Å². The number of nitrogens with zero attached hydrogens (tertiary/aromatic N) is 1. The predicted octanol–water partition coefficient (Wildman–Crippen LogP) is 3.65. The van der Waals surface area contributed by atoms with Crippen LogP contribution in [0.2, 0.25) is 0 Å². The molecule has 0 spiro atoms. The molecule has 1 aliphatic rings. The van der Waals surface area contributed by atoms with Crippen molar-refractivity contribution in [2.24, 2.45) is 4.99 Å². The van der Waals surface area contributed by atoms with Crippen LogP contribution < -0.4 is 4.74 Å². The van der Waals surface area contributed by atoms with Gasteiger partial charge in [-0.05, 0) is 38.1 Å². The normalized spacial score (nSPS) is 16.0. The molecule has 0 unspecified atom stereocenters. The number of hydrogen-bond acceptors (Lipinski definition) is 5. The molecule has 6 heteroatoms. The fourth-order valence-electron chi connectivity index (χ4n) is 2.10. The number of rotatable bonds is 4. The van der Waals surface area contributed by atoms with Crippen molar-refractivity contribution >= 4 is 33.7 Å². The Hall–Kier alpha value is -2.08. The zero-order chi connectivity index (χ0) is 16.3. The highest BCUT2D eigenvalue weighted by molar-refractivity contribution is 9.10. The summed E-state index contributed by atoms with van der Waals surface area (Å²) in [5.74, 6) is -0.121. The molecule has 0 saturated carbocycles. The number of carbonyl (C=O) groups is 1. The molecule has 0 amide bonds. The predicted molar refractivity (Wildman–Crippen MR) is 88.1 cm³/mol. The van der Waals surface area contributed by atoms with E-state index < -0.39 is 5.97 Å². The number of carbonyl (C=O) groups excluding carboxylic acids is 1. The van der Waals surface area contributed by atoms with Crippen molar-refractivity contribution in [1.82, 2.24) is 0 Å². The van der Waals surface area contributed by atoms with E-state index in [1.165, 1.54) is 0 Å². The van der Waals surface area contributed by atoms with Gasteiger partial charge in [0.2, 0.25) is 0 Å². The zero-order valence-corrected chi connectivity index (χ0v) is 14.1. The van der Waals surface area contributed by atoms with Crippen molar-refractivity contribution in [3.05, 3.63) is 45.3 Å². The fraction of sp³-hybridized carbons (Fsp3) is 0.250. The molecule has 0 radical (unpaired) electrons. The highest BCUT2D eigenvalue weighted by Gasteiger charge is 2.27. The maximum atomic E-state index is 11.9. The molecule has 0 saturated heterocycles. The first-order valence-electron chi connectivity index (χ1n) is 6.69. The number of benzene rings is 1. The van der Waals surface area contributed by atoms with Gasteiger partial charge in [-0.15, -0.1) is 0 Å². The van der Waals surface area contributed by atoms with E-state index in [0.717, 1.165) is 10.0 Å². The maximum absolute atomic E-state index is 11.9. The molecule has 1 aromatic carbocycles. The molecule has 1 aliphatic heterocycles. The minimum absolute atomic E-state index is 0.0991. The molecular weight excluding hydrogens is 350 g/mol. The van der Waals surface area contributed by atoms with Crippen LogP contribution in [0.15, 0.2) is 44.7 Å². The second-order valence-corrected chi connectivity index (χ2v) is 5.47. The molecule has 0 atom stereocenters. The number of aliphatic imine (C=N–C) groups is 1. The molecule has 116 valence electrons. The van der Waals surface area contributed by atoms with Crippen molar-refractivity contribution in [1.29, 1.82) is 0 Å². The lowest BCUT2D eigenvalue weighted by Crippen LogP contribution is -2.13. The third kappa shape index (κ3) is 3.22. The molecule has 1 heterocycles. The molecule has 1 aromatic rings. The van der Waals surface area contributed by atoms with Crippen LogP contribution in [0.5, 0.6) is 5.75 Å². The van der Waals surface area contributed by atoms with Gasteiger partial charge in [0.05, 0.1) is 19.4 Å². The minimum Gasteiger partial charge on any atom is -0.505 e. The van der Waals surface area contributed by atoms with Crippen molar-refractivity contribution in [3.63, 3.8) is 0 Å². The van der Waals surface area contributed by atoms with E-state index in [0.29, 0.717) is 17.2 Å². The Kier molecular flexibility index (Phi) is 5.03. The summed E-state index contributed by atoms with van der Waals surface area (Å²) in [6.07, 6.45) is 1.66. The van der Waals surface area contributed by atoms with Crippen LogP contribution in [-0.2, 0) is 9.53 Å². The zero-order valence-electron chi connectivity index (χ0n) is 12.5. The summed E-state index contributed by atoms with van der Waals surface area (Å²) in [5.41, 5.74) is 1.57. The Morgan fingerprint density at radius 2 is 2.18 bits per heavy atom. The third-order valence-electron chi connectivity index (χ3n) is 3.09. The number of esters is 1. The van der Waals surface area contributed by atoms with Crippen molar-refractivity contribution in [2.75, 3.05) is 13.7 Å². The standard InChI is InChI=1S/C16H16BrNO4/c1-4-22-16(20)14-9(2)18-12(15(14)19)8-10-7-11(17)5-6-13(10)21-3/h5-8,19H,4H2,1-3H3. The first-order valence-corrected chi connectivity index (χ1v) is 7.48. The lowest BCUT2D eigenvalue weighted by molar-refractivity contribution is -0.138. The smallest absolute Gasteiger partial charge is 0.343 e. The number of halogens is 1. The quantitative estimate of drug-likeness (QED) is 0.826. The van der Waals surface area contributed by atoms with Crippen LogP contribution in [0.1, 0.15) is 19.4 Å². The Labute approximate surface area is 137 Å². The average molecular weight is 366 g/mol. The van der Waals surface area contributed by atoms with Gasteiger partial charge in [0.25, 0.3) is 0 Å². The summed E-state index contributed by atoms with van der Waals surface area (Å²) in [4.78, 5) is 16.1. The van der Waals surface area contributed by atoms with Gasteiger partial charge < -0.3 is 14.6 Å². The van der Waals surface area contributed by atoms with Gasteiger partial charge in [0.15, 0.2) is 5.76 Å². The summed E-state index contributed by atoms with van der Waals surface area (Å²) >= 11 is 3.39. The van der Waals surface area contributed by atoms with Crippen LogP contribution in [0, 0.1) is 0 Å². The molecule has 1 N–H and O–H groups in total. The Balaban J connectivity index is 2.46. The van der Waals surface area contributed by atoms with Gasteiger partial charge >= 0.3 is 5.97 Å². The molecular formula is C16H16BrNO4. The monoisotopic (exact) mass is 365 g/mol. The van der Waals surface area contributed by atoms with Crippen molar-refractivity contribution in [3.8, 4) is 5.75 Å². The molecule has 0 fully saturated rings. The molecule has 22 heavy (non-hydrogen) atoms. The van der Waals surface area contributed by atoms with Crippen LogP contribution in [0.25, 0.3) is 6.08 Å². The van der Waals surface area contributed by atoms with Gasteiger partial charge in [-0.2, -0.15) is 0 Å². The molecule has 0 bridgehead atoms. The Morgan fingerprint density at radius 3 is 2.82 bits per heavy atom. The molecule has 2 rings (SSSR count). The maximum Gasteiger partial charge on any atom is 0.343 e. The summed E-state index contributed by atoms with van der Waals surface area (Å²) in [6.45, 7) is 3.60. The summed E-state index contributed by atoms with van der Waals surface area (Å²) in [6, 6.07) is 5.49. The van der Waals surface area contributed by atoms with E-state index >= 15 is 0 Å². The fourth-order valence-corrected chi connectivity index (χ4v) is 2.48. The number of ether oxygens (including phenoxy) is 2. The Bertz CT molecular complexity index is 704. The second-order valence-electron chi connectivity index (χ2n) is 4.56. The van der Waals surface area contributed by atoms with E-state index in [9.17, 15) is 9.90 Å². The highest BCUT2D eigenvalue weighted by Crippen LogP contribution is 2.30. The van der Waals surface area contributed by atoms with Gasteiger partial charge in [0, 0.05) is 10.0 Å². The van der Waals surface area contributed by atoms with Crippen LogP contribution in [-0.4, -0.2) is 30.5 Å². The summed E-state index contributed by atoms with van der Waals surface area (Å²) in [5, 5.41) is 10.3. The van der Waals surface area contributed by atoms with E-state index in [1.54, 1.807) is 33.1 Å². The minimum atomic E-state index is -0.578.